The lowest BCUT2D eigenvalue weighted by molar-refractivity contribution is 1.07. The Morgan fingerprint density at radius 1 is 0.217 bits per heavy atom. The van der Waals surface area contributed by atoms with Gasteiger partial charge in [-0.1, -0.05) is 176 Å². The molecular weight excluding hydrogens is 733 g/mol. The minimum Gasteiger partial charge on any atom is -0.265 e. The highest BCUT2D eigenvalue weighted by molar-refractivity contribution is 5.91. The Kier molecular flexibility index (Phi) is 9.84. The van der Waals surface area contributed by atoms with E-state index in [1.54, 1.807) is 0 Å². The molecular formula is C54H36N6. The maximum absolute atomic E-state index is 5.14. The van der Waals surface area contributed by atoms with E-state index in [2.05, 4.69) is 108 Å². The van der Waals surface area contributed by atoms with Crippen LogP contribution in [0.3, 0.4) is 0 Å². The van der Waals surface area contributed by atoms with Gasteiger partial charge in [0.2, 0.25) is 0 Å². The molecule has 6 nitrogen and oxygen atoms in total. The molecule has 0 bridgehead atoms. The van der Waals surface area contributed by atoms with Crippen molar-refractivity contribution in [3.05, 3.63) is 219 Å². The summed E-state index contributed by atoms with van der Waals surface area (Å²) in [6, 6.07) is 70.4. The van der Waals surface area contributed by atoms with Gasteiger partial charge in [0.1, 0.15) is 0 Å². The molecule has 0 aliphatic heterocycles. The third-order valence-corrected chi connectivity index (χ3v) is 10.5. The molecule has 7 aromatic carbocycles. The number of nitrogens with zero attached hydrogens (tertiary/aromatic N) is 6. The molecule has 3 aromatic heterocycles. The lowest BCUT2D eigenvalue weighted by Crippen LogP contribution is -2.01. The van der Waals surface area contributed by atoms with Crippen molar-refractivity contribution in [2.45, 2.75) is 0 Å². The van der Waals surface area contributed by atoms with Crippen LogP contribution in [0.1, 0.15) is 0 Å². The highest BCUT2D eigenvalue weighted by Crippen LogP contribution is 2.40. The first-order chi connectivity index (χ1) is 29.7. The Hall–Kier alpha value is -8.22. The number of hydrogen-bond acceptors (Lipinski definition) is 6. The minimum absolute atomic E-state index is 0.604. The standard InChI is InChI=1S/C54H36N6/c1-5-16-38(17-6-1)49-36-50(57-51(56-49)39-18-7-2-8-19-39)44-25-15-24-42(34-44)48-35-43(28-29-46(48)37-30-32-55-33-31-37)45-26-13-14-27-47(45)54-59-52(40-20-9-3-10-21-40)58-53(60-54)41-22-11-4-12-23-41/h1-36H. The second kappa shape index (κ2) is 16.3. The molecule has 0 spiro atoms. The quantitative estimate of drug-likeness (QED) is 0.145. The van der Waals surface area contributed by atoms with Gasteiger partial charge in [0.25, 0.3) is 0 Å². The van der Waals surface area contributed by atoms with Crippen LogP contribution in [0.15, 0.2) is 219 Å². The van der Waals surface area contributed by atoms with Crippen molar-refractivity contribution in [2.24, 2.45) is 0 Å². The molecule has 0 saturated heterocycles. The summed E-state index contributed by atoms with van der Waals surface area (Å²) in [6.07, 6.45) is 3.68. The van der Waals surface area contributed by atoms with Crippen LogP contribution < -0.4 is 0 Å². The molecule has 0 fully saturated rings. The van der Waals surface area contributed by atoms with Crippen molar-refractivity contribution in [1.29, 1.82) is 0 Å². The lowest BCUT2D eigenvalue weighted by atomic mass is 9.89. The van der Waals surface area contributed by atoms with Crippen molar-refractivity contribution < 1.29 is 0 Å². The number of aromatic nitrogens is 6. The topological polar surface area (TPSA) is 77.3 Å². The van der Waals surface area contributed by atoms with Crippen LogP contribution >= 0.6 is 0 Å². The Labute approximate surface area is 348 Å². The van der Waals surface area contributed by atoms with Crippen LogP contribution in [0.25, 0.3) is 101 Å². The molecule has 0 saturated carbocycles. The smallest absolute Gasteiger partial charge is 0.164 e. The zero-order valence-corrected chi connectivity index (χ0v) is 32.5. The van der Waals surface area contributed by atoms with Crippen LogP contribution in [-0.4, -0.2) is 29.9 Å². The van der Waals surface area contributed by atoms with E-state index in [0.717, 1.165) is 78.1 Å². The monoisotopic (exact) mass is 768 g/mol. The number of hydrogen-bond donors (Lipinski definition) is 0. The molecule has 10 aromatic rings. The maximum atomic E-state index is 5.14. The number of pyridine rings is 1. The molecule has 60 heavy (non-hydrogen) atoms. The summed E-state index contributed by atoms with van der Waals surface area (Å²) in [4.78, 5) is 29.6. The van der Waals surface area contributed by atoms with Gasteiger partial charge in [-0.05, 0) is 63.7 Å². The average molecular weight is 769 g/mol. The molecule has 3 heterocycles. The van der Waals surface area contributed by atoms with Gasteiger partial charge in [-0.25, -0.2) is 24.9 Å². The normalized spacial score (nSPS) is 11.0. The van der Waals surface area contributed by atoms with Gasteiger partial charge in [0.05, 0.1) is 11.4 Å². The highest BCUT2D eigenvalue weighted by Gasteiger charge is 2.18. The van der Waals surface area contributed by atoms with Gasteiger partial charge < -0.3 is 0 Å². The molecule has 0 aliphatic rings. The van der Waals surface area contributed by atoms with Gasteiger partial charge in [-0.3, -0.25) is 4.98 Å². The summed E-state index contributed by atoms with van der Waals surface area (Å²) in [6.45, 7) is 0. The Bertz CT molecular complexity index is 2950. The number of benzene rings is 7. The van der Waals surface area contributed by atoms with Crippen LogP contribution in [0.4, 0.5) is 0 Å². The molecule has 282 valence electrons. The first kappa shape index (κ1) is 36.1. The SMILES string of the molecule is c1ccc(-c2cc(-c3cccc(-c4cc(-c5ccccc5-c5nc(-c6ccccc6)nc(-c6ccccc6)n5)ccc4-c4ccncc4)c3)nc(-c3ccccc3)n2)cc1. The zero-order valence-electron chi connectivity index (χ0n) is 32.5. The summed E-state index contributed by atoms with van der Waals surface area (Å²) in [5.74, 6) is 2.52. The first-order valence-corrected chi connectivity index (χ1v) is 19.9. The fourth-order valence-corrected chi connectivity index (χ4v) is 7.51. The lowest BCUT2D eigenvalue weighted by Gasteiger charge is -2.16. The molecule has 0 unspecified atom stereocenters. The van der Waals surface area contributed by atoms with Crippen LogP contribution in [0.2, 0.25) is 0 Å². The molecule has 0 aliphatic carbocycles. The van der Waals surface area contributed by atoms with Gasteiger partial charge in [-0.2, -0.15) is 0 Å². The fraction of sp³-hybridized carbons (Fsp3) is 0. The molecule has 0 atom stereocenters. The van der Waals surface area contributed by atoms with Crippen molar-refractivity contribution in [3.63, 3.8) is 0 Å². The summed E-state index contributed by atoms with van der Waals surface area (Å²) >= 11 is 0. The van der Waals surface area contributed by atoms with Crippen molar-refractivity contribution in [1.82, 2.24) is 29.9 Å². The maximum Gasteiger partial charge on any atom is 0.164 e. The van der Waals surface area contributed by atoms with Gasteiger partial charge in [0.15, 0.2) is 23.3 Å². The van der Waals surface area contributed by atoms with Crippen LogP contribution in [0.5, 0.6) is 0 Å². The zero-order chi connectivity index (χ0) is 40.1. The van der Waals surface area contributed by atoms with Gasteiger partial charge >= 0.3 is 0 Å². The van der Waals surface area contributed by atoms with E-state index >= 15 is 0 Å². The highest BCUT2D eigenvalue weighted by atomic mass is 15.0. The second-order valence-corrected chi connectivity index (χ2v) is 14.4. The molecule has 6 heteroatoms. The van der Waals surface area contributed by atoms with E-state index in [4.69, 9.17) is 24.9 Å². The average Bonchev–Trinajstić information content (AvgIpc) is 3.35. The third-order valence-electron chi connectivity index (χ3n) is 10.5. The molecule has 0 radical (unpaired) electrons. The summed E-state index contributed by atoms with van der Waals surface area (Å²) in [7, 11) is 0. The Morgan fingerprint density at radius 3 is 1.25 bits per heavy atom. The predicted molar refractivity (Wildman–Crippen MR) is 242 cm³/mol. The van der Waals surface area contributed by atoms with E-state index in [1.165, 1.54) is 0 Å². The van der Waals surface area contributed by atoms with Crippen molar-refractivity contribution >= 4 is 0 Å². The summed E-state index contributed by atoms with van der Waals surface area (Å²) in [5, 5.41) is 0. The van der Waals surface area contributed by atoms with Crippen molar-refractivity contribution in [3.8, 4) is 101 Å². The molecule has 0 amide bonds. The first-order valence-electron chi connectivity index (χ1n) is 19.9. The van der Waals surface area contributed by atoms with Gasteiger partial charge in [-0.15, -0.1) is 0 Å². The van der Waals surface area contributed by atoms with Gasteiger partial charge in [0, 0.05) is 45.8 Å². The van der Waals surface area contributed by atoms with E-state index < -0.39 is 0 Å². The summed E-state index contributed by atoms with van der Waals surface area (Å²) < 4.78 is 0. The minimum atomic E-state index is 0.604. The Morgan fingerprint density at radius 2 is 0.650 bits per heavy atom. The Balaban J connectivity index is 1.13. The largest absolute Gasteiger partial charge is 0.265 e. The molecule has 0 N–H and O–H groups in total. The second-order valence-electron chi connectivity index (χ2n) is 14.4. The number of rotatable bonds is 9. The fourth-order valence-electron chi connectivity index (χ4n) is 7.51. The van der Waals surface area contributed by atoms with E-state index in [-0.39, 0.29) is 0 Å². The summed E-state index contributed by atoms with van der Waals surface area (Å²) in [5.41, 5.74) is 13.8. The van der Waals surface area contributed by atoms with E-state index in [0.29, 0.717) is 23.3 Å². The van der Waals surface area contributed by atoms with E-state index in [9.17, 15) is 0 Å². The van der Waals surface area contributed by atoms with E-state index in [1.807, 2.05) is 116 Å². The predicted octanol–water partition coefficient (Wildman–Crippen LogP) is 13.1. The van der Waals surface area contributed by atoms with Crippen LogP contribution in [-0.2, 0) is 0 Å². The molecule has 10 rings (SSSR count). The van der Waals surface area contributed by atoms with Crippen molar-refractivity contribution in [2.75, 3.05) is 0 Å². The third kappa shape index (κ3) is 7.49. The van der Waals surface area contributed by atoms with Crippen LogP contribution in [0, 0.1) is 0 Å².